The molecule has 1 fully saturated rings. The molecular formula is C13H14FNO4. The molecule has 102 valence electrons. The summed E-state index contributed by atoms with van der Waals surface area (Å²) in [7, 11) is 2.61. The van der Waals surface area contributed by atoms with Crippen molar-refractivity contribution < 1.29 is 23.5 Å². The van der Waals surface area contributed by atoms with E-state index >= 15 is 0 Å². The maximum Gasteiger partial charge on any atom is 0.311 e. The lowest BCUT2D eigenvalue weighted by atomic mass is 10.1. The summed E-state index contributed by atoms with van der Waals surface area (Å²) in [5.41, 5.74) is 0.332. The molecule has 0 bridgehead atoms. The van der Waals surface area contributed by atoms with Crippen LogP contribution in [0.25, 0.3) is 0 Å². The molecule has 0 aromatic heterocycles. The first-order valence-electron chi connectivity index (χ1n) is 5.79. The summed E-state index contributed by atoms with van der Waals surface area (Å²) in [6, 6.07) is 4.33. The first kappa shape index (κ1) is 13.3. The Kier molecular flexibility index (Phi) is 3.69. The number of rotatable bonds is 3. The maximum absolute atomic E-state index is 13.6. The quantitative estimate of drug-likeness (QED) is 0.776. The Hall–Kier alpha value is -2.11. The first-order chi connectivity index (χ1) is 9.08. The van der Waals surface area contributed by atoms with Crippen LogP contribution in [-0.4, -0.2) is 32.6 Å². The molecule has 0 spiro atoms. The zero-order chi connectivity index (χ0) is 14.0. The number of carbonyl (C=O) groups excluding carboxylic acids is 2. The third-order valence-corrected chi connectivity index (χ3v) is 3.10. The highest BCUT2D eigenvalue weighted by Gasteiger charge is 2.37. The lowest BCUT2D eigenvalue weighted by Gasteiger charge is -2.19. The highest BCUT2D eigenvalue weighted by atomic mass is 19.1. The molecule has 0 aliphatic carbocycles. The number of esters is 1. The van der Waals surface area contributed by atoms with Crippen LogP contribution in [0.1, 0.15) is 6.42 Å². The summed E-state index contributed by atoms with van der Waals surface area (Å²) in [5.74, 6) is -1.76. The van der Waals surface area contributed by atoms with Gasteiger partial charge in [-0.25, -0.2) is 4.39 Å². The number of benzene rings is 1. The third kappa shape index (κ3) is 2.38. The summed E-state index contributed by atoms with van der Waals surface area (Å²) in [4.78, 5) is 24.7. The second-order valence-corrected chi connectivity index (χ2v) is 4.22. The van der Waals surface area contributed by atoms with Gasteiger partial charge in [-0.05, 0) is 12.1 Å². The van der Waals surface area contributed by atoms with E-state index in [0.29, 0.717) is 5.69 Å². The van der Waals surface area contributed by atoms with Crippen molar-refractivity contribution in [1.82, 2.24) is 0 Å². The number of halogens is 1. The van der Waals surface area contributed by atoms with E-state index in [2.05, 4.69) is 4.74 Å². The second-order valence-electron chi connectivity index (χ2n) is 4.22. The fourth-order valence-electron chi connectivity index (χ4n) is 2.18. The lowest BCUT2D eigenvalue weighted by Crippen LogP contribution is -2.26. The van der Waals surface area contributed by atoms with E-state index in [1.807, 2.05) is 0 Å². The molecule has 1 aliphatic rings. The number of ether oxygens (including phenoxy) is 2. The Morgan fingerprint density at radius 2 is 2.16 bits per heavy atom. The van der Waals surface area contributed by atoms with Gasteiger partial charge >= 0.3 is 5.97 Å². The largest absolute Gasteiger partial charge is 0.492 e. The van der Waals surface area contributed by atoms with Crippen molar-refractivity contribution in [3.05, 3.63) is 24.0 Å². The van der Waals surface area contributed by atoms with E-state index in [1.54, 1.807) is 6.07 Å². The summed E-state index contributed by atoms with van der Waals surface area (Å²) in [5, 5.41) is 0. The molecule has 1 aliphatic heterocycles. The van der Waals surface area contributed by atoms with Crippen LogP contribution in [0.3, 0.4) is 0 Å². The lowest BCUT2D eigenvalue weighted by molar-refractivity contribution is -0.145. The van der Waals surface area contributed by atoms with E-state index in [0.717, 1.165) is 0 Å². The molecule has 1 heterocycles. The molecule has 0 radical (unpaired) electrons. The van der Waals surface area contributed by atoms with Crippen LogP contribution in [0.4, 0.5) is 10.1 Å². The van der Waals surface area contributed by atoms with Gasteiger partial charge in [-0.15, -0.1) is 0 Å². The summed E-state index contributed by atoms with van der Waals surface area (Å²) in [6.07, 6.45) is 0.0618. The zero-order valence-corrected chi connectivity index (χ0v) is 10.7. The van der Waals surface area contributed by atoms with E-state index in [1.165, 1.54) is 31.3 Å². The van der Waals surface area contributed by atoms with Gasteiger partial charge in [0.1, 0.15) is 0 Å². The number of methoxy groups -OCH3 is 2. The highest BCUT2D eigenvalue weighted by Crippen LogP contribution is 2.35. The number of para-hydroxylation sites is 1. The summed E-state index contributed by atoms with van der Waals surface area (Å²) < 4.78 is 23.2. The van der Waals surface area contributed by atoms with Gasteiger partial charge in [0.15, 0.2) is 11.6 Å². The van der Waals surface area contributed by atoms with Crippen LogP contribution in [0.2, 0.25) is 0 Å². The van der Waals surface area contributed by atoms with Crippen molar-refractivity contribution in [2.24, 2.45) is 5.92 Å². The molecule has 1 unspecified atom stereocenters. The minimum absolute atomic E-state index is 0.00126. The number of nitrogens with zero attached hydrogens (tertiary/aromatic N) is 1. The van der Waals surface area contributed by atoms with Gasteiger partial charge in [0.05, 0.1) is 25.8 Å². The Morgan fingerprint density at radius 3 is 2.79 bits per heavy atom. The molecule has 1 saturated heterocycles. The Morgan fingerprint density at radius 1 is 1.42 bits per heavy atom. The van der Waals surface area contributed by atoms with Gasteiger partial charge < -0.3 is 14.4 Å². The molecule has 1 aromatic carbocycles. The minimum Gasteiger partial charge on any atom is -0.492 e. The minimum atomic E-state index is -0.547. The van der Waals surface area contributed by atoms with E-state index in [9.17, 15) is 14.0 Å². The SMILES string of the molecule is COC(=O)C1CC(=O)N(c2cccc(F)c2OC)C1. The van der Waals surface area contributed by atoms with Crippen LogP contribution in [0.15, 0.2) is 18.2 Å². The van der Waals surface area contributed by atoms with Gasteiger partial charge in [0.2, 0.25) is 5.91 Å². The maximum atomic E-state index is 13.6. The molecule has 6 heteroatoms. The van der Waals surface area contributed by atoms with E-state index in [4.69, 9.17) is 4.74 Å². The van der Waals surface area contributed by atoms with Gasteiger partial charge in [0.25, 0.3) is 0 Å². The molecule has 1 atom stereocenters. The number of amides is 1. The van der Waals surface area contributed by atoms with Crippen LogP contribution >= 0.6 is 0 Å². The smallest absolute Gasteiger partial charge is 0.311 e. The predicted octanol–water partition coefficient (Wildman–Crippen LogP) is 1.36. The van der Waals surface area contributed by atoms with E-state index < -0.39 is 17.7 Å². The highest BCUT2D eigenvalue weighted by molar-refractivity contribution is 6.00. The number of carbonyl (C=O) groups is 2. The molecule has 19 heavy (non-hydrogen) atoms. The summed E-state index contributed by atoms with van der Waals surface area (Å²) in [6.45, 7) is 0.172. The molecule has 2 rings (SSSR count). The molecular weight excluding hydrogens is 253 g/mol. The van der Waals surface area contributed by atoms with Gasteiger partial charge in [0, 0.05) is 13.0 Å². The number of hydrogen-bond donors (Lipinski definition) is 0. The van der Waals surface area contributed by atoms with Crippen molar-refractivity contribution in [1.29, 1.82) is 0 Å². The van der Waals surface area contributed by atoms with Crippen molar-refractivity contribution in [2.75, 3.05) is 25.7 Å². The van der Waals surface area contributed by atoms with Crippen molar-refractivity contribution in [3.63, 3.8) is 0 Å². The Labute approximate surface area is 109 Å². The molecule has 5 nitrogen and oxygen atoms in total. The first-order valence-corrected chi connectivity index (χ1v) is 5.79. The zero-order valence-electron chi connectivity index (χ0n) is 10.7. The van der Waals surface area contributed by atoms with Crippen LogP contribution in [-0.2, 0) is 14.3 Å². The molecule has 1 amide bonds. The normalized spacial score (nSPS) is 18.6. The van der Waals surface area contributed by atoms with E-state index in [-0.39, 0.29) is 24.6 Å². The van der Waals surface area contributed by atoms with Crippen molar-refractivity contribution >= 4 is 17.6 Å². The van der Waals surface area contributed by atoms with Crippen LogP contribution in [0.5, 0.6) is 5.75 Å². The van der Waals surface area contributed by atoms with Crippen LogP contribution in [0, 0.1) is 11.7 Å². The standard InChI is InChI=1S/C13H14FNO4/c1-18-12-9(14)4-3-5-10(12)15-7-8(6-11(15)16)13(17)19-2/h3-5,8H,6-7H2,1-2H3. The van der Waals surface area contributed by atoms with Crippen LogP contribution < -0.4 is 9.64 Å². The predicted molar refractivity (Wildman–Crippen MR) is 65.4 cm³/mol. The fourth-order valence-corrected chi connectivity index (χ4v) is 2.18. The topological polar surface area (TPSA) is 55.8 Å². The number of anilines is 1. The molecule has 0 N–H and O–H groups in total. The molecule has 0 saturated carbocycles. The third-order valence-electron chi connectivity index (χ3n) is 3.10. The summed E-state index contributed by atoms with van der Waals surface area (Å²) >= 11 is 0. The average Bonchev–Trinajstić information content (AvgIpc) is 2.79. The number of hydrogen-bond acceptors (Lipinski definition) is 4. The Balaban J connectivity index is 2.31. The fraction of sp³-hybridized carbons (Fsp3) is 0.385. The van der Waals surface area contributed by atoms with Crippen molar-refractivity contribution in [3.8, 4) is 5.75 Å². The average molecular weight is 267 g/mol. The van der Waals surface area contributed by atoms with Gasteiger partial charge in [-0.1, -0.05) is 6.07 Å². The van der Waals surface area contributed by atoms with Gasteiger partial charge in [-0.3, -0.25) is 9.59 Å². The van der Waals surface area contributed by atoms with Crippen molar-refractivity contribution in [2.45, 2.75) is 6.42 Å². The monoisotopic (exact) mass is 267 g/mol. The van der Waals surface area contributed by atoms with Gasteiger partial charge in [-0.2, -0.15) is 0 Å². The Bertz CT molecular complexity index is 517. The second kappa shape index (κ2) is 5.26. The molecule has 1 aromatic rings.